The fourth-order valence-electron chi connectivity index (χ4n) is 5.99. The van der Waals surface area contributed by atoms with Gasteiger partial charge < -0.3 is 9.80 Å². The van der Waals surface area contributed by atoms with E-state index in [1.54, 1.807) is 0 Å². The van der Waals surface area contributed by atoms with Gasteiger partial charge in [-0.05, 0) is 63.4 Å². The van der Waals surface area contributed by atoms with E-state index in [4.69, 9.17) is 0 Å². The van der Waals surface area contributed by atoms with Crippen molar-refractivity contribution in [2.24, 2.45) is 0 Å². The lowest BCUT2D eigenvalue weighted by molar-refractivity contribution is 1.19. The Morgan fingerprint density at radius 3 is 1.86 bits per heavy atom. The van der Waals surface area contributed by atoms with E-state index in [9.17, 15) is 0 Å². The molecular weight excluding hydrogens is 423 g/mol. The molecular formula is C32H21BN2. The molecule has 8 rings (SSSR count). The Balaban J connectivity index is 1.56. The summed E-state index contributed by atoms with van der Waals surface area (Å²) in [5.41, 5.74) is 10.2. The number of anilines is 6. The van der Waals surface area contributed by atoms with Gasteiger partial charge in [-0.15, -0.1) is 0 Å². The fourth-order valence-corrected chi connectivity index (χ4v) is 5.99. The van der Waals surface area contributed by atoms with Crippen molar-refractivity contribution in [2.45, 2.75) is 0 Å². The largest absolute Gasteiger partial charge is 0.307 e. The summed E-state index contributed by atoms with van der Waals surface area (Å²) in [6.07, 6.45) is 0. The molecule has 162 valence electrons. The molecule has 2 heterocycles. The van der Waals surface area contributed by atoms with Crippen molar-refractivity contribution in [1.29, 1.82) is 0 Å². The summed E-state index contributed by atoms with van der Waals surface area (Å²) in [4.78, 5) is 4.97. The highest BCUT2D eigenvalue weighted by molar-refractivity contribution is 6.74. The Labute approximate surface area is 204 Å². The Morgan fingerprint density at radius 2 is 1.06 bits per heavy atom. The fraction of sp³-hybridized carbons (Fsp3) is 0. The van der Waals surface area contributed by atoms with Crippen molar-refractivity contribution in [3.63, 3.8) is 0 Å². The van der Waals surface area contributed by atoms with Crippen LogP contribution in [0.3, 0.4) is 0 Å². The van der Waals surface area contributed by atoms with Crippen molar-refractivity contribution in [2.75, 3.05) is 9.80 Å². The lowest BCUT2D eigenvalue weighted by Gasteiger charge is -2.44. The van der Waals surface area contributed by atoms with E-state index in [0.29, 0.717) is 0 Å². The van der Waals surface area contributed by atoms with Crippen molar-refractivity contribution in [3.05, 3.63) is 121 Å². The molecule has 0 fully saturated rings. The summed E-state index contributed by atoms with van der Waals surface area (Å²) in [6.45, 7) is 0. The lowest BCUT2D eigenvalue weighted by Crippen LogP contribution is -2.43. The molecule has 0 amide bonds. The van der Waals surface area contributed by atoms with Crippen LogP contribution in [0.1, 0.15) is 0 Å². The van der Waals surface area contributed by atoms with Crippen LogP contribution in [0, 0.1) is 0 Å². The minimum Gasteiger partial charge on any atom is -0.307 e. The van der Waals surface area contributed by atoms with Gasteiger partial charge in [0.1, 0.15) is 0 Å². The van der Waals surface area contributed by atoms with Gasteiger partial charge in [-0.3, -0.25) is 0 Å². The Hall–Kier alpha value is -4.50. The van der Waals surface area contributed by atoms with Crippen LogP contribution in [0.2, 0.25) is 0 Å². The molecule has 0 saturated heterocycles. The van der Waals surface area contributed by atoms with E-state index < -0.39 is 0 Å². The average molecular weight is 444 g/mol. The predicted molar refractivity (Wildman–Crippen MR) is 151 cm³/mol. The molecule has 6 aromatic rings. The van der Waals surface area contributed by atoms with Gasteiger partial charge in [-0.2, -0.15) is 0 Å². The summed E-state index contributed by atoms with van der Waals surface area (Å²) in [5, 5.41) is 5.13. The summed E-state index contributed by atoms with van der Waals surface area (Å²) < 4.78 is 0. The van der Waals surface area contributed by atoms with E-state index in [1.807, 2.05) is 0 Å². The Bertz CT molecular complexity index is 1790. The van der Waals surface area contributed by atoms with Gasteiger partial charge in [-0.25, -0.2) is 0 Å². The maximum Gasteiger partial charge on any atom is 0.198 e. The molecule has 0 radical (unpaired) electrons. The maximum atomic E-state index is 2.51. The molecule has 0 spiro atoms. The van der Waals surface area contributed by atoms with Crippen LogP contribution >= 0.6 is 0 Å². The number of hydrogen-bond donors (Lipinski definition) is 0. The Morgan fingerprint density at radius 1 is 0.457 bits per heavy atom. The van der Waals surface area contributed by atoms with Crippen LogP contribution in [0.25, 0.3) is 21.5 Å². The monoisotopic (exact) mass is 444 g/mol. The number of hydrogen-bond acceptors (Lipinski definition) is 2. The molecule has 2 nitrogen and oxygen atoms in total. The van der Waals surface area contributed by atoms with E-state index in [2.05, 4.69) is 131 Å². The standard InChI is InChI=1S/C32H21BN2/c1-2-13-24(14-3-1)34-28-18-21-10-4-5-11-22(21)19-29(28)35-27-17-9-8-16-26(27)33-31-25-15-7-6-12-23(25)20-30(34)32(31)35/h1-20,33H. The minimum absolute atomic E-state index is 0.932. The zero-order valence-electron chi connectivity index (χ0n) is 19.1. The molecule has 2 aliphatic heterocycles. The molecule has 35 heavy (non-hydrogen) atoms. The molecule has 2 aliphatic rings. The second-order valence-corrected chi connectivity index (χ2v) is 9.44. The first-order chi connectivity index (χ1) is 17.4. The second kappa shape index (κ2) is 7.00. The van der Waals surface area contributed by atoms with E-state index >= 15 is 0 Å². The van der Waals surface area contributed by atoms with Crippen molar-refractivity contribution in [1.82, 2.24) is 0 Å². The first-order valence-corrected chi connectivity index (χ1v) is 12.2. The summed E-state index contributed by atoms with van der Waals surface area (Å²) >= 11 is 0. The molecule has 0 aliphatic carbocycles. The van der Waals surface area contributed by atoms with Gasteiger partial charge >= 0.3 is 0 Å². The molecule has 0 N–H and O–H groups in total. The van der Waals surface area contributed by atoms with Gasteiger partial charge in [0, 0.05) is 11.4 Å². The number of rotatable bonds is 1. The highest BCUT2D eigenvalue weighted by Crippen LogP contribution is 2.55. The molecule has 6 aromatic carbocycles. The third-order valence-electron chi connectivity index (χ3n) is 7.51. The zero-order chi connectivity index (χ0) is 22.9. The zero-order valence-corrected chi connectivity index (χ0v) is 19.1. The van der Waals surface area contributed by atoms with Crippen LogP contribution in [0.15, 0.2) is 121 Å². The molecule has 0 unspecified atom stereocenters. The number of benzene rings is 6. The van der Waals surface area contributed by atoms with Gasteiger partial charge in [0.15, 0.2) is 7.28 Å². The first-order valence-electron chi connectivity index (χ1n) is 12.2. The maximum absolute atomic E-state index is 2.51. The molecule has 0 aromatic heterocycles. The van der Waals surface area contributed by atoms with Crippen LogP contribution in [0.5, 0.6) is 0 Å². The Kier molecular flexibility index (Phi) is 3.78. The summed E-state index contributed by atoms with van der Waals surface area (Å²) in [6, 6.07) is 44.3. The van der Waals surface area contributed by atoms with Crippen molar-refractivity contribution in [3.8, 4) is 0 Å². The normalized spacial score (nSPS) is 13.3. The van der Waals surface area contributed by atoms with Crippen LogP contribution in [-0.2, 0) is 0 Å². The summed E-state index contributed by atoms with van der Waals surface area (Å²) in [5.74, 6) is 0. The first kappa shape index (κ1) is 18.9. The quantitative estimate of drug-likeness (QED) is 0.253. The van der Waals surface area contributed by atoms with Crippen LogP contribution < -0.4 is 20.7 Å². The van der Waals surface area contributed by atoms with Gasteiger partial charge in [0.25, 0.3) is 0 Å². The van der Waals surface area contributed by atoms with Gasteiger partial charge in [0.2, 0.25) is 0 Å². The van der Waals surface area contributed by atoms with E-state index in [1.165, 1.54) is 66.6 Å². The third-order valence-corrected chi connectivity index (χ3v) is 7.51. The highest BCUT2D eigenvalue weighted by atomic mass is 15.3. The smallest absolute Gasteiger partial charge is 0.198 e. The van der Waals surface area contributed by atoms with E-state index in [-0.39, 0.29) is 0 Å². The van der Waals surface area contributed by atoms with Crippen molar-refractivity contribution >= 4 is 73.9 Å². The molecule has 0 atom stereocenters. The van der Waals surface area contributed by atoms with Crippen LogP contribution in [0.4, 0.5) is 34.1 Å². The SMILES string of the molecule is B1c2ccccc2N2c3cc4ccccc4cc3N(c3ccccc3)c3cc4ccccc4c1c32. The highest BCUT2D eigenvalue weighted by Gasteiger charge is 2.37. The molecule has 0 bridgehead atoms. The topological polar surface area (TPSA) is 6.48 Å². The van der Waals surface area contributed by atoms with Crippen molar-refractivity contribution < 1.29 is 0 Å². The number of para-hydroxylation sites is 2. The van der Waals surface area contributed by atoms with Gasteiger partial charge in [0.05, 0.1) is 22.7 Å². The third kappa shape index (κ3) is 2.61. The van der Waals surface area contributed by atoms with E-state index in [0.717, 1.165) is 7.28 Å². The summed E-state index contributed by atoms with van der Waals surface area (Å²) in [7, 11) is 0.932. The molecule has 0 saturated carbocycles. The molecule has 3 heteroatoms. The predicted octanol–water partition coefficient (Wildman–Crippen LogP) is 6.95. The van der Waals surface area contributed by atoms with Gasteiger partial charge in [-0.1, -0.05) is 90.4 Å². The van der Waals surface area contributed by atoms with Crippen LogP contribution in [-0.4, -0.2) is 7.28 Å². The second-order valence-electron chi connectivity index (χ2n) is 9.44. The average Bonchev–Trinajstić information content (AvgIpc) is 2.92. The number of fused-ring (bicyclic) bond motifs is 7. The minimum atomic E-state index is 0.932. The lowest BCUT2D eigenvalue weighted by atomic mass is 9.58. The number of nitrogens with zero attached hydrogens (tertiary/aromatic N) is 2.